The Labute approximate surface area is 172 Å². The van der Waals surface area contributed by atoms with Gasteiger partial charge in [-0.1, -0.05) is 13.8 Å². The molecule has 156 valence electrons. The molecule has 1 atom stereocenters. The third kappa shape index (κ3) is 3.21. The van der Waals surface area contributed by atoms with Crippen LogP contribution >= 0.6 is 0 Å². The molecule has 30 heavy (non-hydrogen) atoms. The molecule has 0 unspecified atom stereocenters. The SMILES string of the molecule is CC1(C)CNC(=O)c2cnn3cnc(nc23)N2CCC[C@@H]2c2cc(F)cnc2OC1. The molecule has 9 nitrogen and oxygen atoms in total. The van der Waals surface area contributed by atoms with Crippen LogP contribution in [0.15, 0.2) is 24.8 Å². The normalized spacial score (nSPS) is 21.0. The number of fused-ring (bicyclic) bond motifs is 5. The zero-order valence-corrected chi connectivity index (χ0v) is 16.8. The maximum Gasteiger partial charge on any atom is 0.256 e. The number of amides is 1. The zero-order valence-electron chi connectivity index (χ0n) is 16.8. The van der Waals surface area contributed by atoms with Gasteiger partial charge in [-0.25, -0.2) is 18.9 Å². The molecule has 0 saturated carbocycles. The predicted molar refractivity (Wildman–Crippen MR) is 106 cm³/mol. The summed E-state index contributed by atoms with van der Waals surface area (Å²) in [4.78, 5) is 28.1. The summed E-state index contributed by atoms with van der Waals surface area (Å²) in [6, 6.07) is 1.31. The van der Waals surface area contributed by atoms with Gasteiger partial charge < -0.3 is 15.0 Å². The number of anilines is 1. The molecule has 10 heteroatoms. The zero-order chi connectivity index (χ0) is 20.9. The van der Waals surface area contributed by atoms with Crippen molar-refractivity contribution in [1.82, 2.24) is 29.9 Å². The summed E-state index contributed by atoms with van der Waals surface area (Å²) in [5.41, 5.74) is 1.13. The lowest BCUT2D eigenvalue weighted by molar-refractivity contribution is 0.0918. The van der Waals surface area contributed by atoms with E-state index >= 15 is 0 Å². The maximum absolute atomic E-state index is 14.1. The van der Waals surface area contributed by atoms with Crippen molar-refractivity contribution in [3.8, 4) is 5.88 Å². The molecule has 2 aliphatic heterocycles. The van der Waals surface area contributed by atoms with E-state index in [9.17, 15) is 9.18 Å². The molecular formula is C20H22FN7O2. The summed E-state index contributed by atoms with van der Waals surface area (Å²) in [5, 5.41) is 7.13. The number of nitrogens with one attached hydrogen (secondary N) is 1. The van der Waals surface area contributed by atoms with Gasteiger partial charge in [0.05, 0.1) is 25.0 Å². The molecule has 1 fully saturated rings. The van der Waals surface area contributed by atoms with Crippen molar-refractivity contribution < 1.29 is 13.9 Å². The van der Waals surface area contributed by atoms with Crippen LogP contribution in [0, 0.1) is 11.2 Å². The van der Waals surface area contributed by atoms with Crippen LogP contribution in [0.1, 0.15) is 48.7 Å². The minimum absolute atomic E-state index is 0.170. The molecule has 0 aliphatic carbocycles. The van der Waals surface area contributed by atoms with E-state index in [0.29, 0.717) is 48.3 Å². The Morgan fingerprint density at radius 1 is 1.30 bits per heavy atom. The molecule has 1 saturated heterocycles. The highest BCUT2D eigenvalue weighted by Crippen LogP contribution is 2.38. The van der Waals surface area contributed by atoms with Crippen LogP contribution in [0.3, 0.4) is 0 Å². The van der Waals surface area contributed by atoms with Gasteiger partial charge in [-0.05, 0) is 18.9 Å². The largest absolute Gasteiger partial charge is 0.477 e. The molecule has 0 radical (unpaired) electrons. The molecule has 1 amide bonds. The number of nitrogens with zero attached hydrogens (tertiary/aromatic N) is 6. The first-order chi connectivity index (χ1) is 14.4. The molecular weight excluding hydrogens is 389 g/mol. The van der Waals surface area contributed by atoms with E-state index in [-0.39, 0.29) is 17.4 Å². The van der Waals surface area contributed by atoms with Gasteiger partial charge in [0.15, 0.2) is 5.65 Å². The van der Waals surface area contributed by atoms with Crippen molar-refractivity contribution in [2.75, 3.05) is 24.6 Å². The van der Waals surface area contributed by atoms with Gasteiger partial charge in [-0.15, -0.1) is 0 Å². The third-order valence-corrected chi connectivity index (χ3v) is 5.54. The topological polar surface area (TPSA) is 97.5 Å². The molecule has 5 rings (SSSR count). The van der Waals surface area contributed by atoms with Crippen LogP contribution in [0.25, 0.3) is 5.65 Å². The van der Waals surface area contributed by atoms with Crippen LogP contribution in [0.5, 0.6) is 5.88 Å². The second-order valence-corrected chi connectivity index (χ2v) is 8.52. The Hall–Kier alpha value is -3.30. The van der Waals surface area contributed by atoms with Crippen molar-refractivity contribution in [3.05, 3.63) is 41.7 Å². The average Bonchev–Trinajstić information content (AvgIpc) is 3.37. The second-order valence-electron chi connectivity index (χ2n) is 8.52. The first kappa shape index (κ1) is 18.7. The van der Waals surface area contributed by atoms with Crippen molar-refractivity contribution in [2.45, 2.75) is 32.7 Å². The molecule has 2 bridgehead atoms. The second kappa shape index (κ2) is 6.89. The summed E-state index contributed by atoms with van der Waals surface area (Å²) in [5.74, 6) is 0.202. The highest BCUT2D eigenvalue weighted by atomic mass is 19.1. The van der Waals surface area contributed by atoms with Crippen molar-refractivity contribution >= 4 is 17.5 Å². The summed E-state index contributed by atoms with van der Waals surface area (Å²) < 4.78 is 21.6. The van der Waals surface area contributed by atoms with E-state index in [0.717, 1.165) is 19.0 Å². The highest BCUT2D eigenvalue weighted by Gasteiger charge is 2.33. The highest BCUT2D eigenvalue weighted by molar-refractivity contribution is 5.99. The van der Waals surface area contributed by atoms with Crippen LogP contribution < -0.4 is 15.0 Å². The van der Waals surface area contributed by atoms with E-state index in [1.54, 1.807) is 6.33 Å². The number of hydrogen-bond donors (Lipinski definition) is 1. The first-order valence-electron chi connectivity index (χ1n) is 9.95. The monoisotopic (exact) mass is 411 g/mol. The van der Waals surface area contributed by atoms with Crippen molar-refractivity contribution in [3.63, 3.8) is 0 Å². The number of hydrogen-bond acceptors (Lipinski definition) is 7. The number of rotatable bonds is 0. The number of pyridine rings is 1. The molecule has 0 aromatic carbocycles. The van der Waals surface area contributed by atoms with Gasteiger partial charge in [-0.2, -0.15) is 10.1 Å². The Bertz CT molecular complexity index is 1130. The summed E-state index contributed by atoms with van der Waals surface area (Å²) in [6.07, 6.45) is 5.89. The molecule has 3 aromatic rings. The number of carbonyl (C=O) groups excluding carboxylic acids is 1. The fourth-order valence-electron chi connectivity index (χ4n) is 3.94. The lowest BCUT2D eigenvalue weighted by Crippen LogP contribution is -2.38. The lowest BCUT2D eigenvalue weighted by Gasteiger charge is -2.29. The third-order valence-electron chi connectivity index (χ3n) is 5.54. The van der Waals surface area contributed by atoms with Gasteiger partial charge in [0.1, 0.15) is 17.7 Å². The first-order valence-corrected chi connectivity index (χ1v) is 9.95. The van der Waals surface area contributed by atoms with Gasteiger partial charge in [-0.3, -0.25) is 4.79 Å². The molecule has 1 N–H and O–H groups in total. The molecule has 3 aromatic heterocycles. The molecule has 5 heterocycles. The summed E-state index contributed by atoms with van der Waals surface area (Å²) in [7, 11) is 0. The van der Waals surface area contributed by atoms with Crippen LogP contribution in [0.2, 0.25) is 0 Å². The van der Waals surface area contributed by atoms with Crippen LogP contribution in [-0.4, -0.2) is 50.2 Å². The molecule has 0 spiro atoms. The summed E-state index contributed by atoms with van der Waals surface area (Å²) in [6.45, 7) is 5.38. The van der Waals surface area contributed by atoms with Gasteiger partial charge in [0, 0.05) is 24.1 Å². The Kier molecular flexibility index (Phi) is 4.30. The Morgan fingerprint density at radius 2 is 2.17 bits per heavy atom. The molecule has 2 aliphatic rings. The van der Waals surface area contributed by atoms with Crippen molar-refractivity contribution in [1.29, 1.82) is 0 Å². The number of halogens is 1. The van der Waals surface area contributed by atoms with Crippen LogP contribution in [0.4, 0.5) is 10.3 Å². The van der Waals surface area contributed by atoms with E-state index in [1.165, 1.54) is 16.8 Å². The summed E-state index contributed by atoms with van der Waals surface area (Å²) >= 11 is 0. The standard InChI is InChI=1S/C20H22FN7O2/c1-20(2)9-23-17(29)14-8-25-28-11-24-19(26-16(14)28)27-5-3-4-15(27)13-6-12(21)7-22-18(13)30-10-20/h6-8,11,15H,3-5,9-10H2,1-2H3,(H,23,29)/t15-/m1/s1. The van der Waals surface area contributed by atoms with E-state index in [1.807, 2.05) is 18.7 Å². The van der Waals surface area contributed by atoms with Crippen LogP contribution in [-0.2, 0) is 0 Å². The number of ether oxygens (including phenoxy) is 1. The quantitative estimate of drug-likeness (QED) is 0.605. The Balaban J connectivity index is 1.67. The van der Waals surface area contributed by atoms with E-state index in [4.69, 9.17) is 4.74 Å². The van der Waals surface area contributed by atoms with Gasteiger partial charge in [0.25, 0.3) is 5.91 Å². The Morgan fingerprint density at radius 3 is 3.03 bits per heavy atom. The lowest BCUT2D eigenvalue weighted by atomic mass is 9.94. The minimum atomic E-state index is -0.411. The maximum atomic E-state index is 14.1. The minimum Gasteiger partial charge on any atom is -0.477 e. The smallest absolute Gasteiger partial charge is 0.256 e. The fourth-order valence-corrected chi connectivity index (χ4v) is 3.94. The fraction of sp³-hybridized carbons (Fsp3) is 0.450. The number of carbonyl (C=O) groups is 1. The van der Waals surface area contributed by atoms with E-state index in [2.05, 4.69) is 25.4 Å². The average molecular weight is 411 g/mol. The predicted octanol–water partition coefficient (Wildman–Crippen LogP) is 2.15. The number of aromatic nitrogens is 5. The van der Waals surface area contributed by atoms with Gasteiger partial charge >= 0.3 is 0 Å². The van der Waals surface area contributed by atoms with Crippen molar-refractivity contribution in [2.24, 2.45) is 5.41 Å². The van der Waals surface area contributed by atoms with E-state index < -0.39 is 5.82 Å². The van der Waals surface area contributed by atoms with Gasteiger partial charge in [0.2, 0.25) is 11.8 Å².